The number of hydrogen-bond acceptors (Lipinski definition) is 2. The molecule has 0 heterocycles. The third kappa shape index (κ3) is 2.16. The third-order valence-corrected chi connectivity index (χ3v) is 5.02. The summed E-state index contributed by atoms with van der Waals surface area (Å²) in [5.74, 6) is 1.23. The summed E-state index contributed by atoms with van der Waals surface area (Å²) >= 11 is 5.90. The summed E-state index contributed by atoms with van der Waals surface area (Å²) in [7, 11) is 0. The molecule has 1 N–H and O–H groups in total. The van der Waals surface area contributed by atoms with Gasteiger partial charge in [0.15, 0.2) is 5.78 Å². The fraction of sp³-hybridized carbons (Fsp3) is 0.471. The smallest absolute Gasteiger partial charge is 0.155 e. The fourth-order valence-corrected chi connectivity index (χ4v) is 3.97. The number of ketones is 1. The van der Waals surface area contributed by atoms with E-state index in [1.807, 2.05) is 18.2 Å². The number of halogens is 1. The standard InChI is InChI=1S/C17H19ClO2/c18-9-1-7-17-8-6-15(20)11-13(17)3-2-12-10-14(19)4-5-16(12)17/h4-5,10-11,19H,1-3,6-9H2. The number of aromatic hydroxyl groups is 1. The van der Waals surface area contributed by atoms with Gasteiger partial charge in [0.05, 0.1) is 0 Å². The van der Waals surface area contributed by atoms with Crippen molar-refractivity contribution in [3.05, 3.63) is 41.0 Å². The van der Waals surface area contributed by atoms with Crippen molar-refractivity contribution in [3.63, 3.8) is 0 Å². The molecule has 0 aromatic heterocycles. The molecule has 1 unspecified atom stereocenters. The molecule has 0 saturated carbocycles. The van der Waals surface area contributed by atoms with E-state index in [9.17, 15) is 9.90 Å². The van der Waals surface area contributed by atoms with Crippen molar-refractivity contribution in [2.45, 2.75) is 43.9 Å². The van der Waals surface area contributed by atoms with Gasteiger partial charge in [-0.05, 0) is 61.4 Å². The second-order valence-electron chi connectivity index (χ2n) is 5.85. The van der Waals surface area contributed by atoms with Gasteiger partial charge < -0.3 is 5.11 Å². The predicted octanol–water partition coefficient (Wildman–Crippen LogP) is 3.88. The van der Waals surface area contributed by atoms with Crippen molar-refractivity contribution >= 4 is 17.4 Å². The van der Waals surface area contributed by atoms with Gasteiger partial charge in [-0.3, -0.25) is 4.79 Å². The third-order valence-electron chi connectivity index (χ3n) is 4.75. The number of benzene rings is 1. The summed E-state index contributed by atoms with van der Waals surface area (Å²) in [6, 6.07) is 5.69. The molecule has 2 nitrogen and oxygen atoms in total. The molecular formula is C17H19ClO2. The molecular weight excluding hydrogens is 272 g/mol. The predicted molar refractivity (Wildman–Crippen MR) is 80.4 cm³/mol. The zero-order valence-electron chi connectivity index (χ0n) is 11.5. The second kappa shape index (κ2) is 5.25. The van der Waals surface area contributed by atoms with Crippen LogP contribution in [-0.2, 0) is 16.6 Å². The Morgan fingerprint density at radius 1 is 1.25 bits per heavy atom. The first-order valence-electron chi connectivity index (χ1n) is 7.28. The number of alkyl halides is 1. The van der Waals surface area contributed by atoms with Crippen LogP contribution in [-0.4, -0.2) is 16.8 Å². The molecule has 1 aromatic rings. The first kappa shape index (κ1) is 13.7. The highest BCUT2D eigenvalue weighted by atomic mass is 35.5. The lowest BCUT2D eigenvalue weighted by molar-refractivity contribution is -0.115. The van der Waals surface area contributed by atoms with Crippen molar-refractivity contribution < 1.29 is 9.90 Å². The highest BCUT2D eigenvalue weighted by Gasteiger charge is 2.42. The van der Waals surface area contributed by atoms with Gasteiger partial charge in [-0.1, -0.05) is 11.6 Å². The Bertz CT molecular complexity index is 576. The Morgan fingerprint density at radius 2 is 2.10 bits per heavy atom. The number of aryl methyl sites for hydroxylation is 1. The Hall–Kier alpha value is -1.28. The zero-order valence-corrected chi connectivity index (χ0v) is 12.2. The Labute approximate surface area is 124 Å². The largest absolute Gasteiger partial charge is 0.508 e. The van der Waals surface area contributed by atoms with Crippen molar-refractivity contribution in [2.75, 3.05) is 5.88 Å². The number of phenolic OH excluding ortho intramolecular Hbond substituents is 1. The van der Waals surface area contributed by atoms with Crippen LogP contribution >= 0.6 is 11.6 Å². The van der Waals surface area contributed by atoms with Crippen LogP contribution in [0.1, 0.15) is 43.2 Å². The van der Waals surface area contributed by atoms with Gasteiger partial charge >= 0.3 is 0 Å². The van der Waals surface area contributed by atoms with E-state index < -0.39 is 0 Å². The molecule has 0 aliphatic heterocycles. The molecule has 3 heteroatoms. The van der Waals surface area contributed by atoms with Gasteiger partial charge in [0.2, 0.25) is 0 Å². The molecule has 3 rings (SSSR count). The molecule has 0 amide bonds. The topological polar surface area (TPSA) is 37.3 Å². The lowest BCUT2D eigenvalue weighted by Crippen LogP contribution is -2.37. The minimum Gasteiger partial charge on any atom is -0.508 e. The summed E-state index contributed by atoms with van der Waals surface area (Å²) in [4.78, 5) is 11.8. The Kier molecular flexibility index (Phi) is 3.59. The van der Waals surface area contributed by atoms with E-state index >= 15 is 0 Å². The van der Waals surface area contributed by atoms with E-state index in [1.165, 1.54) is 16.7 Å². The van der Waals surface area contributed by atoms with Crippen LogP contribution in [0.3, 0.4) is 0 Å². The highest BCUT2D eigenvalue weighted by molar-refractivity contribution is 6.17. The molecule has 0 spiro atoms. The minimum atomic E-state index is -0.0237. The lowest BCUT2D eigenvalue weighted by atomic mass is 9.60. The highest BCUT2D eigenvalue weighted by Crippen LogP contribution is 2.50. The molecule has 1 aromatic carbocycles. The molecule has 0 radical (unpaired) electrons. The van der Waals surface area contributed by atoms with Crippen LogP contribution in [0.5, 0.6) is 5.75 Å². The number of carbonyl (C=O) groups excluding carboxylic acids is 1. The molecule has 1 atom stereocenters. The average molecular weight is 291 g/mol. The minimum absolute atomic E-state index is 0.0237. The number of fused-ring (bicyclic) bond motifs is 3. The van der Waals surface area contributed by atoms with Gasteiger partial charge in [0.1, 0.15) is 5.75 Å². The summed E-state index contributed by atoms with van der Waals surface area (Å²) < 4.78 is 0. The lowest BCUT2D eigenvalue weighted by Gasteiger charge is -2.44. The maximum Gasteiger partial charge on any atom is 0.155 e. The molecule has 2 aliphatic carbocycles. The van der Waals surface area contributed by atoms with Crippen LogP contribution in [0.15, 0.2) is 29.8 Å². The number of allylic oxidation sites excluding steroid dienone is 2. The van der Waals surface area contributed by atoms with Crippen LogP contribution in [0.2, 0.25) is 0 Å². The molecule has 0 fully saturated rings. The molecule has 0 bridgehead atoms. The van der Waals surface area contributed by atoms with Crippen LogP contribution < -0.4 is 0 Å². The van der Waals surface area contributed by atoms with Gasteiger partial charge in [-0.25, -0.2) is 0 Å². The first-order valence-corrected chi connectivity index (χ1v) is 7.81. The number of rotatable bonds is 3. The van der Waals surface area contributed by atoms with E-state index in [0.29, 0.717) is 18.1 Å². The van der Waals surface area contributed by atoms with Crippen LogP contribution in [0.25, 0.3) is 0 Å². The van der Waals surface area contributed by atoms with Gasteiger partial charge in [0.25, 0.3) is 0 Å². The Morgan fingerprint density at radius 3 is 2.90 bits per heavy atom. The number of carbonyl (C=O) groups is 1. The van der Waals surface area contributed by atoms with Crippen LogP contribution in [0, 0.1) is 0 Å². The second-order valence-corrected chi connectivity index (χ2v) is 6.23. The monoisotopic (exact) mass is 290 g/mol. The van der Waals surface area contributed by atoms with Gasteiger partial charge in [-0.2, -0.15) is 0 Å². The fourth-order valence-electron chi connectivity index (χ4n) is 3.83. The van der Waals surface area contributed by atoms with E-state index in [1.54, 1.807) is 6.07 Å². The van der Waals surface area contributed by atoms with Crippen molar-refractivity contribution in [3.8, 4) is 5.75 Å². The summed E-state index contributed by atoms with van der Waals surface area (Å²) in [5.41, 5.74) is 3.78. The van der Waals surface area contributed by atoms with Crippen LogP contribution in [0.4, 0.5) is 0 Å². The van der Waals surface area contributed by atoms with E-state index in [4.69, 9.17) is 11.6 Å². The number of phenols is 1. The van der Waals surface area contributed by atoms with E-state index in [-0.39, 0.29) is 11.2 Å². The summed E-state index contributed by atoms with van der Waals surface area (Å²) in [5, 5.41) is 9.70. The summed E-state index contributed by atoms with van der Waals surface area (Å²) in [6.07, 6.45) is 7.14. The van der Waals surface area contributed by atoms with Crippen molar-refractivity contribution in [1.29, 1.82) is 0 Å². The van der Waals surface area contributed by atoms with Crippen molar-refractivity contribution in [1.82, 2.24) is 0 Å². The quantitative estimate of drug-likeness (QED) is 0.858. The van der Waals surface area contributed by atoms with Crippen molar-refractivity contribution in [2.24, 2.45) is 0 Å². The Balaban J connectivity index is 2.11. The molecule has 0 saturated heterocycles. The average Bonchev–Trinajstić information content (AvgIpc) is 2.45. The SMILES string of the molecule is O=C1C=C2CCc3cc(O)ccc3C2(CCCCl)CC1. The van der Waals surface area contributed by atoms with Gasteiger partial charge in [-0.15, -0.1) is 11.6 Å². The van der Waals surface area contributed by atoms with E-state index in [2.05, 4.69) is 0 Å². The first-order chi connectivity index (χ1) is 9.65. The maximum absolute atomic E-state index is 11.8. The zero-order chi connectivity index (χ0) is 14.2. The molecule has 2 aliphatic rings. The summed E-state index contributed by atoms with van der Waals surface area (Å²) in [6.45, 7) is 0. The van der Waals surface area contributed by atoms with Gasteiger partial charge in [0, 0.05) is 17.7 Å². The maximum atomic E-state index is 11.8. The molecule has 106 valence electrons. The molecule has 20 heavy (non-hydrogen) atoms. The van der Waals surface area contributed by atoms with E-state index in [0.717, 1.165) is 32.1 Å². The normalized spacial score (nSPS) is 24.9. The number of hydrogen-bond donors (Lipinski definition) is 1.